The molecule has 1 fully saturated rings. The molecule has 0 unspecified atom stereocenters. The van der Waals surface area contributed by atoms with Gasteiger partial charge in [0.05, 0.1) is 6.61 Å². The molecule has 88 valence electrons. The van der Waals surface area contributed by atoms with Crippen LogP contribution in [0.2, 0.25) is 0 Å². The van der Waals surface area contributed by atoms with Crippen molar-refractivity contribution in [3.05, 3.63) is 23.9 Å². The Hall–Kier alpha value is -0.800. The zero-order valence-corrected chi connectivity index (χ0v) is 10.3. The van der Waals surface area contributed by atoms with E-state index in [-0.39, 0.29) is 0 Å². The van der Waals surface area contributed by atoms with E-state index in [0.717, 1.165) is 24.5 Å². The van der Waals surface area contributed by atoms with Crippen molar-refractivity contribution < 1.29 is 4.74 Å². The molecule has 1 heterocycles. The van der Waals surface area contributed by atoms with Gasteiger partial charge in [0.15, 0.2) is 0 Å². The monoisotopic (exact) mass is 240 g/mol. The first-order chi connectivity index (χ1) is 7.85. The lowest BCUT2D eigenvalue weighted by molar-refractivity contribution is 0.204. The van der Waals surface area contributed by atoms with Crippen LogP contribution in [0, 0.1) is 0 Å². The number of rotatable bonds is 6. The average molecular weight is 241 g/mol. The van der Waals surface area contributed by atoms with Crippen molar-refractivity contribution in [2.24, 2.45) is 0 Å². The van der Waals surface area contributed by atoms with Gasteiger partial charge in [-0.25, -0.2) is 4.98 Å². The molecular weight excluding hydrogens is 224 g/mol. The second kappa shape index (κ2) is 5.51. The topological polar surface area (TPSA) is 25.4 Å². The van der Waals surface area contributed by atoms with Crippen LogP contribution in [0.3, 0.4) is 0 Å². The molecule has 1 aromatic heterocycles. The third kappa shape index (κ3) is 2.86. The molecule has 0 aliphatic heterocycles. The number of nitrogens with zero attached hydrogens (tertiary/aromatic N) is 2. The van der Waals surface area contributed by atoms with Crippen molar-refractivity contribution in [3.8, 4) is 0 Å². The molecule has 1 aliphatic rings. The summed E-state index contributed by atoms with van der Waals surface area (Å²) in [6, 6.07) is 4.67. The fourth-order valence-corrected chi connectivity index (χ4v) is 1.93. The Labute approximate surface area is 101 Å². The van der Waals surface area contributed by atoms with Gasteiger partial charge in [-0.2, -0.15) is 0 Å². The molecule has 16 heavy (non-hydrogen) atoms. The van der Waals surface area contributed by atoms with Gasteiger partial charge in [-0.05, 0) is 30.5 Å². The Kier molecular flexibility index (Phi) is 4.02. The SMILES string of the molecule is COCCN(c1cc(CCl)ccn1)C1CC1. The van der Waals surface area contributed by atoms with E-state index in [1.165, 1.54) is 12.8 Å². The summed E-state index contributed by atoms with van der Waals surface area (Å²) < 4.78 is 5.13. The number of methoxy groups -OCH3 is 1. The Bertz CT molecular complexity index is 342. The van der Waals surface area contributed by atoms with Crippen LogP contribution in [0.5, 0.6) is 0 Å². The third-order valence-electron chi connectivity index (χ3n) is 2.78. The number of hydrogen-bond donors (Lipinski definition) is 0. The van der Waals surface area contributed by atoms with Gasteiger partial charge in [0.1, 0.15) is 5.82 Å². The van der Waals surface area contributed by atoms with Gasteiger partial charge in [-0.3, -0.25) is 0 Å². The lowest BCUT2D eigenvalue weighted by Gasteiger charge is -2.23. The van der Waals surface area contributed by atoms with E-state index in [1.54, 1.807) is 7.11 Å². The van der Waals surface area contributed by atoms with Gasteiger partial charge < -0.3 is 9.64 Å². The predicted molar refractivity (Wildman–Crippen MR) is 66.0 cm³/mol. The van der Waals surface area contributed by atoms with Crippen LogP contribution in [-0.4, -0.2) is 31.3 Å². The number of pyridine rings is 1. The fourth-order valence-electron chi connectivity index (χ4n) is 1.76. The highest BCUT2D eigenvalue weighted by Gasteiger charge is 2.29. The van der Waals surface area contributed by atoms with E-state index in [9.17, 15) is 0 Å². The average Bonchev–Trinajstić information content (AvgIpc) is 3.14. The Balaban J connectivity index is 2.10. The largest absolute Gasteiger partial charge is 0.383 e. The van der Waals surface area contributed by atoms with Gasteiger partial charge in [0.2, 0.25) is 0 Å². The minimum Gasteiger partial charge on any atom is -0.383 e. The molecule has 0 amide bonds. The van der Waals surface area contributed by atoms with Gasteiger partial charge in [0.25, 0.3) is 0 Å². The highest BCUT2D eigenvalue weighted by Crippen LogP contribution is 2.30. The normalized spacial score (nSPS) is 15.1. The van der Waals surface area contributed by atoms with Crippen LogP contribution < -0.4 is 4.90 Å². The van der Waals surface area contributed by atoms with Crippen LogP contribution in [0.4, 0.5) is 5.82 Å². The summed E-state index contributed by atoms with van der Waals surface area (Å²) in [5.74, 6) is 1.57. The maximum Gasteiger partial charge on any atom is 0.129 e. The molecule has 0 N–H and O–H groups in total. The molecule has 4 heteroatoms. The van der Waals surface area contributed by atoms with Crippen molar-refractivity contribution in [1.29, 1.82) is 0 Å². The van der Waals surface area contributed by atoms with E-state index in [1.807, 2.05) is 12.3 Å². The first kappa shape index (κ1) is 11.7. The van der Waals surface area contributed by atoms with Crippen molar-refractivity contribution in [1.82, 2.24) is 4.98 Å². The molecule has 2 rings (SSSR count). The van der Waals surface area contributed by atoms with E-state index < -0.39 is 0 Å². The Morgan fingerprint density at radius 3 is 3.00 bits per heavy atom. The van der Waals surface area contributed by atoms with Crippen LogP contribution in [0.1, 0.15) is 18.4 Å². The van der Waals surface area contributed by atoms with Gasteiger partial charge in [-0.1, -0.05) is 0 Å². The second-order valence-electron chi connectivity index (χ2n) is 4.07. The molecule has 0 atom stereocenters. The lowest BCUT2D eigenvalue weighted by Crippen LogP contribution is -2.30. The fraction of sp³-hybridized carbons (Fsp3) is 0.583. The molecule has 3 nitrogen and oxygen atoms in total. The number of anilines is 1. The number of alkyl halides is 1. The maximum atomic E-state index is 5.83. The molecule has 0 spiro atoms. The molecule has 0 radical (unpaired) electrons. The summed E-state index contributed by atoms with van der Waals surface area (Å²) in [5, 5.41) is 0. The Morgan fingerprint density at radius 2 is 2.38 bits per heavy atom. The van der Waals surface area contributed by atoms with Crippen molar-refractivity contribution in [3.63, 3.8) is 0 Å². The summed E-state index contributed by atoms with van der Waals surface area (Å²) >= 11 is 5.83. The van der Waals surface area contributed by atoms with Crippen LogP contribution >= 0.6 is 11.6 Å². The standard InChI is InChI=1S/C12H17ClN2O/c1-16-7-6-15(11-2-3-11)12-8-10(9-13)4-5-14-12/h4-5,8,11H,2-3,6-7,9H2,1H3. The van der Waals surface area contributed by atoms with Gasteiger partial charge in [-0.15, -0.1) is 11.6 Å². The second-order valence-corrected chi connectivity index (χ2v) is 4.34. The number of aromatic nitrogens is 1. The van der Waals surface area contributed by atoms with Crippen LogP contribution in [0.15, 0.2) is 18.3 Å². The predicted octanol–water partition coefficient (Wildman–Crippen LogP) is 2.44. The zero-order valence-electron chi connectivity index (χ0n) is 9.53. The van der Waals surface area contributed by atoms with E-state index in [0.29, 0.717) is 11.9 Å². The van der Waals surface area contributed by atoms with Crippen molar-refractivity contribution >= 4 is 17.4 Å². The molecule has 1 saturated carbocycles. The summed E-state index contributed by atoms with van der Waals surface area (Å²) in [7, 11) is 1.73. The van der Waals surface area contributed by atoms with E-state index in [4.69, 9.17) is 16.3 Å². The maximum absolute atomic E-state index is 5.83. The summed E-state index contributed by atoms with van der Waals surface area (Å²) in [6.45, 7) is 1.64. The van der Waals surface area contributed by atoms with Crippen LogP contribution in [0.25, 0.3) is 0 Å². The van der Waals surface area contributed by atoms with Crippen molar-refractivity contribution in [2.45, 2.75) is 24.8 Å². The van der Waals surface area contributed by atoms with E-state index in [2.05, 4.69) is 16.0 Å². The molecule has 1 aliphatic carbocycles. The number of halogens is 1. The first-order valence-corrected chi connectivity index (χ1v) is 6.15. The summed E-state index contributed by atoms with van der Waals surface area (Å²) in [4.78, 5) is 6.73. The summed E-state index contributed by atoms with van der Waals surface area (Å²) in [5.41, 5.74) is 1.12. The molecular formula is C12H17ClN2O. The minimum atomic E-state index is 0.540. The van der Waals surface area contributed by atoms with Crippen LogP contribution in [-0.2, 0) is 10.6 Å². The highest BCUT2D eigenvalue weighted by atomic mass is 35.5. The van der Waals surface area contributed by atoms with Gasteiger partial charge in [0, 0.05) is 31.8 Å². The van der Waals surface area contributed by atoms with E-state index >= 15 is 0 Å². The lowest BCUT2D eigenvalue weighted by atomic mass is 10.3. The molecule has 0 saturated heterocycles. The number of hydrogen-bond acceptors (Lipinski definition) is 3. The first-order valence-electron chi connectivity index (χ1n) is 5.61. The summed E-state index contributed by atoms with van der Waals surface area (Å²) in [6.07, 6.45) is 4.35. The molecule has 0 bridgehead atoms. The quantitative estimate of drug-likeness (QED) is 0.715. The van der Waals surface area contributed by atoms with Gasteiger partial charge >= 0.3 is 0 Å². The van der Waals surface area contributed by atoms with Crippen molar-refractivity contribution in [2.75, 3.05) is 25.2 Å². The molecule has 0 aromatic carbocycles. The number of ether oxygens (including phenoxy) is 1. The highest BCUT2D eigenvalue weighted by molar-refractivity contribution is 6.17. The Morgan fingerprint density at radius 1 is 1.56 bits per heavy atom. The molecule has 1 aromatic rings. The minimum absolute atomic E-state index is 0.540. The third-order valence-corrected chi connectivity index (χ3v) is 3.09. The zero-order chi connectivity index (χ0) is 11.4. The smallest absolute Gasteiger partial charge is 0.129 e.